The molecule has 2 aliphatic carbocycles. The lowest BCUT2D eigenvalue weighted by Gasteiger charge is -2.50. The molecule has 1 aromatic heterocycles. The molecule has 0 unspecified atom stereocenters. The molecule has 0 radical (unpaired) electrons. The number of likely N-dealkylation sites (N-methyl/N-ethyl adjacent to an activating group) is 1. The smallest absolute Gasteiger partial charge is 0.265 e. The molecule has 12 heteroatoms. The van der Waals surface area contributed by atoms with Crippen LogP contribution in [0.1, 0.15) is 69.0 Å². The third-order valence-corrected chi connectivity index (χ3v) is 10.8. The van der Waals surface area contributed by atoms with Crippen LogP contribution in [-0.4, -0.2) is 90.4 Å². The predicted octanol–water partition coefficient (Wildman–Crippen LogP) is 2.96. The van der Waals surface area contributed by atoms with Gasteiger partial charge in [0.25, 0.3) is 5.91 Å². The summed E-state index contributed by atoms with van der Waals surface area (Å²) in [7, 11) is 1.54. The first kappa shape index (κ1) is 30.2. The van der Waals surface area contributed by atoms with Crippen molar-refractivity contribution >= 4 is 46.6 Å². The Bertz CT molecular complexity index is 1180. The molecule has 2 saturated heterocycles. The zero-order valence-electron chi connectivity index (χ0n) is 24.4. The van der Waals surface area contributed by atoms with Gasteiger partial charge in [0.2, 0.25) is 17.7 Å². The molecular formula is C29H42ClN5O5S. The zero-order chi connectivity index (χ0) is 29.5. The molecule has 10 nitrogen and oxygen atoms in total. The summed E-state index contributed by atoms with van der Waals surface area (Å²) in [5, 5.41) is 5.63. The minimum Gasteiger partial charge on any atom is -0.376 e. The Morgan fingerprint density at radius 3 is 2.37 bits per heavy atom. The fourth-order valence-corrected chi connectivity index (χ4v) is 7.74. The first-order chi connectivity index (χ1) is 19.4. The van der Waals surface area contributed by atoms with Crippen LogP contribution >= 0.6 is 22.9 Å². The van der Waals surface area contributed by atoms with Crippen molar-refractivity contribution in [1.82, 2.24) is 25.4 Å². The Morgan fingerprint density at radius 1 is 1.12 bits per heavy atom. The van der Waals surface area contributed by atoms with Gasteiger partial charge >= 0.3 is 0 Å². The highest BCUT2D eigenvalue weighted by atomic mass is 35.5. The number of thiazole rings is 1. The number of nitrogens with one attached hydrogen (secondary N) is 2. The summed E-state index contributed by atoms with van der Waals surface area (Å²) in [6.45, 7) is 7.90. The van der Waals surface area contributed by atoms with Crippen molar-refractivity contribution in [3.8, 4) is 0 Å². The van der Waals surface area contributed by atoms with Crippen LogP contribution in [0.5, 0.6) is 0 Å². The average molecular weight is 608 g/mol. The van der Waals surface area contributed by atoms with Gasteiger partial charge in [-0.05, 0) is 37.5 Å². The number of ether oxygens (including phenoxy) is 1. The number of hydrogen-bond acceptors (Lipinski definition) is 7. The fraction of sp³-hybridized carbons (Fsp3) is 0.759. The van der Waals surface area contributed by atoms with Crippen LogP contribution in [0.3, 0.4) is 0 Å². The van der Waals surface area contributed by atoms with Crippen LogP contribution in [0, 0.1) is 28.6 Å². The lowest BCUT2D eigenvalue weighted by Crippen LogP contribution is -2.65. The number of halogens is 1. The van der Waals surface area contributed by atoms with Gasteiger partial charge in [0.15, 0.2) is 4.47 Å². The minimum atomic E-state index is -0.872. The van der Waals surface area contributed by atoms with Crippen LogP contribution < -0.4 is 10.6 Å². The number of likely N-dealkylation sites (tertiary alicyclic amines) is 2. The molecular weight excluding hydrogens is 566 g/mol. The maximum Gasteiger partial charge on any atom is 0.265 e. The number of hydrogen-bond donors (Lipinski definition) is 2. The largest absolute Gasteiger partial charge is 0.376 e. The fourth-order valence-electron chi connectivity index (χ4n) is 6.83. The maximum atomic E-state index is 13.9. The van der Waals surface area contributed by atoms with E-state index in [0.717, 1.165) is 30.6 Å². The van der Waals surface area contributed by atoms with Crippen molar-refractivity contribution in [2.45, 2.75) is 71.4 Å². The van der Waals surface area contributed by atoms with E-state index in [1.165, 1.54) is 25.5 Å². The van der Waals surface area contributed by atoms with Crippen molar-refractivity contribution in [2.75, 3.05) is 39.8 Å². The zero-order valence-corrected chi connectivity index (χ0v) is 26.0. The van der Waals surface area contributed by atoms with E-state index in [-0.39, 0.29) is 46.0 Å². The van der Waals surface area contributed by atoms with Crippen molar-refractivity contribution in [3.05, 3.63) is 15.5 Å². The monoisotopic (exact) mass is 607 g/mol. The highest BCUT2D eigenvalue weighted by Crippen LogP contribution is 2.54. The SMILES string of the molecule is CNC(=O)[C@@H](NC(=O)[C@@H]1CN(C(=O)c2cnc(Cl)s2)CC12CN(C(=O)[C@H]1CC1(C)C)C2)[C@@H](C)OCC1CCCCC1. The molecule has 4 fully saturated rings. The van der Waals surface area contributed by atoms with Gasteiger partial charge in [0, 0.05) is 51.2 Å². The highest BCUT2D eigenvalue weighted by Gasteiger charge is 2.62. The Morgan fingerprint density at radius 2 is 1.78 bits per heavy atom. The molecule has 2 N–H and O–H groups in total. The molecule has 226 valence electrons. The van der Waals surface area contributed by atoms with Gasteiger partial charge in [-0.15, -0.1) is 0 Å². The van der Waals surface area contributed by atoms with Crippen LogP contribution in [0.25, 0.3) is 0 Å². The first-order valence-electron chi connectivity index (χ1n) is 14.8. The summed E-state index contributed by atoms with van der Waals surface area (Å²) in [5.41, 5.74) is -0.573. The molecule has 4 amide bonds. The number of carbonyl (C=O) groups excluding carboxylic acids is 4. The van der Waals surface area contributed by atoms with E-state index in [0.29, 0.717) is 37.0 Å². The van der Waals surface area contributed by atoms with Crippen molar-refractivity contribution in [1.29, 1.82) is 0 Å². The summed E-state index contributed by atoms with van der Waals surface area (Å²) in [6.07, 6.45) is 7.68. The van der Waals surface area contributed by atoms with Crippen LogP contribution in [-0.2, 0) is 19.1 Å². The quantitative estimate of drug-likeness (QED) is 0.445. The summed E-state index contributed by atoms with van der Waals surface area (Å²) in [4.78, 5) is 61.1. The second kappa shape index (κ2) is 11.8. The molecule has 41 heavy (non-hydrogen) atoms. The molecule has 1 aromatic rings. The number of amides is 4. The van der Waals surface area contributed by atoms with Gasteiger partial charge in [-0.3, -0.25) is 19.2 Å². The molecule has 2 aliphatic heterocycles. The molecule has 0 bridgehead atoms. The third-order valence-electron chi connectivity index (χ3n) is 9.69. The topological polar surface area (TPSA) is 121 Å². The number of carbonyl (C=O) groups is 4. The van der Waals surface area contributed by atoms with Crippen molar-refractivity contribution in [2.24, 2.45) is 28.6 Å². The van der Waals surface area contributed by atoms with E-state index in [1.54, 1.807) is 11.9 Å². The molecule has 2 saturated carbocycles. The average Bonchev–Trinajstić information content (AvgIpc) is 3.24. The first-order valence-corrected chi connectivity index (χ1v) is 16.0. The Balaban J connectivity index is 1.29. The molecule has 4 aliphatic rings. The molecule has 0 aromatic carbocycles. The normalized spacial score (nSPS) is 26.3. The lowest BCUT2D eigenvalue weighted by molar-refractivity contribution is -0.152. The third kappa shape index (κ3) is 6.27. The van der Waals surface area contributed by atoms with E-state index in [1.807, 2.05) is 11.8 Å². The standard InChI is InChI=1S/C29H42ClN5O5S/c1-17(40-13-18-8-6-5-7-9-18)22(24(37)31-4)33-23(36)20-12-34(26(39)21-11-32-27(30)41-21)14-29(20)15-35(16-29)25(38)19-10-28(19,2)3/h11,17-20,22H,5-10,12-16H2,1-4H3,(H,31,37)(H,33,36)/t17-,19-,20+,22+/m1/s1. The van der Waals surface area contributed by atoms with Gasteiger partial charge < -0.3 is 25.2 Å². The van der Waals surface area contributed by atoms with E-state index >= 15 is 0 Å². The number of aromatic nitrogens is 1. The lowest BCUT2D eigenvalue weighted by atomic mass is 9.70. The second-order valence-corrected chi connectivity index (χ2v) is 14.8. The summed E-state index contributed by atoms with van der Waals surface area (Å²) < 4.78 is 6.41. The van der Waals surface area contributed by atoms with Crippen molar-refractivity contribution in [3.63, 3.8) is 0 Å². The summed E-state index contributed by atoms with van der Waals surface area (Å²) in [5.74, 6) is -0.844. The van der Waals surface area contributed by atoms with Gasteiger partial charge in [0.1, 0.15) is 10.9 Å². The Labute approximate surface area is 250 Å². The van der Waals surface area contributed by atoms with Crippen LogP contribution in [0.2, 0.25) is 4.47 Å². The second-order valence-electron chi connectivity index (χ2n) is 13.2. The van der Waals surface area contributed by atoms with Crippen LogP contribution in [0.4, 0.5) is 0 Å². The minimum absolute atomic E-state index is 0.00499. The van der Waals surface area contributed by atoms with E-state index in [4.69, 9.17) is 16.3 Å². The van der Waals surface area contributed by atoms with Gasteiger partial charge in [-0.2, -0.15) is 0 Å². The van der Waals surface area contributed by atoms with Gasteiger partial charge in [-0.1, -0.05) is 56.0 Å². The van der Waals surface area contributed by atoms with Crippen LogP contribution in [0.15, 0.2) is 6.20 Å². The number of rotatable bonds is 9. The maximum absolute atomic E-state index is 13.9. The summed E-state index contributed by atoms with van der Waals surface area (Å²) in [6, 6.07) is -0.872. The molecule has 3 heterocycles. The van der Waals surface area contributed by atoms with E-state index in [2.05, 4.69) is 29.5 Å². The molecule has 1 spiro atoms. The highest BCUT2D eigenvalue weighted by molar-refractivity contribution is 7.17. The van der Waals surface area contributed by atoms with Gasteiger partial charge in [0.05, 0.1) is 18.2 Å². The Kier molecular flexibility index (Phi) is 8.70. The number of nitrogens with zero attached hydrogens (tertiary/aromatic N) is 3. The van der Waals surface area contributed by atoms with Gasteiger partial charge in [-0.25, -0.2) is 4.98 Å². The Hall–Kier alpha value is -2.24. The van der Waals surface area contributed by atoms with E-state index < -0.39 is 23.5 Å². The molecule has 5 rings (SSSR count). The summed E-state index contributed by atoms with van der Waals surface area (Å²) >= 11 is 7.08. The van der Waals surface area contributed by atoms with E-state index in [9.17, 15) is 19.2 Å². The van der Waals surface area contributed by atoms with Crippen molar-refractivity contribution < 1.29 is 23.9 Å². The molecule has 4 atom stereocenters. The predicted molar refractivity (Wildman–Crippen MR) is 155 cm³/mol.